The molecule has 2 aromatic rings. The number of hydrogen-bond acceptors (Lipinski definition) is 7. The predicted octanol–water partition coefficient (Wildman–Crippen LogP) is 2.46. The number of methoxy groups -OCH3 is 1. The first-order valence-corrected chi connectivity index (χ1v) is 7.88. The van der Waals surface area contributed by atoms with Crippen molar-refractivity contribution in [1.29, 1.82) is 0 Å². The number of carbonyl (C=O) groups is 2. The van der Waals surface area contributed by atoms with Gasteiger partial charge in [0.25, 0.3) is 11.6 Å². The van der Waals surface area contributed by atoms with E-state index < -0.39 is 23.4 Å². The summed E-state index contributed by atoms with van der Waals surface area (Å²) >= 11 is 0. The van der Waals surface area contributed by atoms with Gasteiger partial charge in [-0.25, -0.2) is 4.79 Å². The molecule has 0 aliphatic carbocycles. The van der Waals surface area contributed by atoms with Crippen molar-refractivity contribution in [3.8, 4) is 5.75 Å². The number of anilines is 2. The number of esters is 1. The number of benzene rings is 2. The summed E-state index contributed by atoms with van der Waals surface area (Å²) in [4.78, 5) is 36.3. The smallest absolute Gasteiger partial charge is 0.342 e. The largest absolute Gasteiger partial charge is 0.496 e. The Bertz CT molecular complexity index is 849. The first kappa shape index (κ1) is 19.7. The van der Waals surface area contributed by atoms with E-state index in [0.717, 1.165) is 11.8 Å². The van der Waals surface area contributed by atoms with Crippen molar-refractivity contribution < 1.29 is 24.0 Å². The Balaban J connectivity index is 1.99. The van der Waals surface area contributed by atoms with Crippen LogP contribution in [0.15, 0.2) is 42.5 Å². The molecule has 1 amide bonds. The third kappa shape index (κ3) is 5.18. The molecule has 0 unspecified atom stereocenters. The van der Waals surface area contributed by atoms with Crippen LogP contribution in [0, 0.1) is 10.1 Å². The van der Waals surface area contributed by atoms with E-state index in [4.69, 9.17) is 9.47 Å². The van der Waals surface area contributed by atoms with Gasteiger partial charge in [0.05, 0.1) is 12.0 Å². The van der Waals surface area contributed by atoms with E-state index >= 15 is 0 Å². The molecular formula is C18H19N3O6. The Hall–Kier alpha value is -3.62. The van der Waals surface area contributed by atoms with Crippen LogP contribution in [0.5, 0.6) is 5.75 Å². The zero-order valence-corrected chi connectivity index (χ0v) is 15.1. The lowest BCUT2D eigenvalue weighted by molar-refractivity contribution is -0.384. The lowest BCUT2D eigenvalue weighted by Gasteiger charge is -2.13. The van der Waals surface area contributed by atoms with Gasteiger partial charge in [-0.1, -0.05) is 0 Å². The van der Waals surface area contributed by atoms with E-state index in [1.807, 2.05) is 31.1 Å². The van der Waals surface area contributed by atoms with Crippen LogP contribution in [-0.4, -0.2) is 44.6 Å². The summed E-state index contributed by atoms with van der Waals surface area (Å²) in [5.74, 6) is -1.32. The highest BCUT2D eigenvalue weighted by Gasteiger charge is 2.19. The van der Waals surface area contributed by atoms with Gasteiger partial charge in [0.15, 0.2) is 6.61 Å². The van der Waals surface area contributed by atoms with Gasteiger partial charge >= 0.3 is 5.97 Å². The van der Waals surface area contributed by atoms with Crippen molar-refractivity contribution in [2.75, 3.05) is 38.0 Å². The molecule has 27 heavy (non-hydrogen) atoms. The van der Waals surface area contributed by atoms with Crippen molar-refractivity contribution in [3.05, 3.63) is 58.1 Å². The van der Waals surface area contributed by atoms with Crippen molar-refractivity contribution >= 4 is 28.9 Å². The van der Waals surface area contributed by atoms with Gasteiger partial charge in [0, 0.05) is 37.6 Å². The molecule has 0 radical (unpaired) electrons. The predicted molar refractivity (Wildman–Crippen MR) is 99.3 cm³/mol. The number of carbonyl (C=O) groups excluding carboxylic acids is 2. The molecular weight excluding hydrogens is 354 g/mol. The van der Waals surface area contributed by atoms with Crippen LogP contribution in [0.2, 0.25) is 0 Å². The van der Waals surface area contributed by atoms with Gasteiger partial charge < -0.3 is 19.7 Å². The molecule has 2 aromatic carbocycles. The molecule has 0 aliphatic heterocycles. The lowest BCUT2D eigenvalue weighted by Crippen LogP contribution is -2.21. The first-order chi connectivity index (χ1) is 12.8. The van der Waals surface area contributed by atoms with Crippen LogP contribution in [0.25, 0.3) is 0 Å². The summed E-state index contributed by atoms with van der Waals surface area (Å²) in [6, 6.07) is 10.6. The van der Waals surface area contributed by atoms with E-state index in [0.29, 0.717) is 5.69 Å². The van der Waals surface area contributed by atoms with E-state index in [1.165, 1.54) is 19.2 Å². The third-order valence-electron chi connectivity index (χ3n) is 3.62. The second-order valence-corrected chi connectivity index (χ2v) is 5.71. The number of nitrogens with zero attached hydrogens (tertiary/aromatic N) is 2. The average Bonchev–Trinajstić information content (AvgIpc) is 2.65. The number of nitrogens with one attached hydrogen (secondary N) is 1. The molecule has 0 saturated heterocycles. The van der Waals surface area contributed by atoms with Crippen molar-refractivity contribution in [2.24, 2.45) is 0 Å². The second-order valence-electron chi connectivity index (χ2n) is 5.71. The van der Waals surface area contributed by atoms with Gasteiger partial charge in [-0.3, -0.25) is 14.9 Å². The maximum Gasteiger partial charge on any atom is 0.342 e. The molecule has 0 fully saturated rings. The van der Waals surface area contributed by atoms with Crippen molar-refractivity contribution in [1.82, 2.24) is 0 Å². The van der Waals surface area contributed by atoms with Crippen LogP contribution < -0.4 is 15.0 Å². The van der Waals surface area contributed by atoms with Crippen LogP contribution in [-0.2, 0) is 9.53 Å². The highest BCUT2D eigenvalue weighted by Crippen LogP contribution is 2.24. The number of rotatable bonds is 7. The molecule has 0 spiro atoms. The molecule has 0 atom stereocenters. The van der Waals surface area contributed by atoms with E-state index in [2.05, 4.69) is 5.32 Å². The van der Waals surface area contributed by atoms with Gasteiger partial charge in [0.1, 0.15) is 11.3 Å². The van der Waals surface area contributed by atoms with E-state index in [-0.39, 0.29) is 17.0 Å². The summed E-state index contributed by atoms with van der Waals surface area (Å²) in [6.45, 7) is -0.542. The number of amides is 1. The molecule has 0 aliphatic rings. The fourth-order valence-electron chi connectivity index (χ4n) is 2.22. The van der Waals surface area contributed by atoms with Gasteiger partial charge in [-0.05, 0) is 30.3 Å². The summed E-state index contributed by atoms with van der Waals surface area (Å²) < 4.78 is 9.95. The second kappa shape index (κ2) is 8.65. The Kier molecular flexibility index (Phi) is 6.32. The Morgan fingerprint density at radius 1 is 1.15 bits per heavy atom. The monoisotopic (exact) mass is 373 g/mol. The van der Waals surface area contributed by atoms with E-state index in [1.54, 1.807) is 12.1 Å². The van der Waals surface area contributed by atoms with Crippen LogP contribution in [0.4, 0.5) is 17.1 Å². The maximum atomic E-state index is 12.2. The Labute approximate surface area is 155 Å². The van der Waals surface area contributed by atoms with Crippen LogP contribution in [0.3, 0.4) is 0 Å². The number of non-ortho nitro benzene ring substituents is 1. The number of nitro groups is 1. The Morgan fingerprint density at radius 3 is 2.37 bits per heavy atom. The molecule has 0 aromatic heterocycles. The average molecular weight is 373 g/mol. The summed E-state index contributed by atoms with van der Waals surface area (Å²) in [5.41, 5.74) is 1.11. The fraction of sp³-hybridized carbons (Fsp3) is 0.222. The lowest BCUT2D eigenvalue weighted by atomic mass is 10.2. The van der Waals surface area contributed by atoms with Crippen LogP contribution >= 0.6 is 0 Å². The minimum Gasteiger partial charge on any atom is -0.496 e. The summed E-state index contributed by atoms with van der Waals surface area (Å²) in [6.07, 6.45) is 0. The molecule has 1 N–H and O–H groups in total. The third-order valence-corrected chi connectivity index (χ3v) is 3.62. The number of nitro benzene ring substituents is 1. The molecule has 0 bridgehead atoms. The standard InChI is InChI=1S/C18H19N3O6/c1-20(2)13-6-4-12(5-7-13)19-17(22)11-27-18(23)15-10-14(21(24)25)8-9-16(15)26-3/h4-10H,11H2,1-3H3,(H,19,22). The number of ether oxygens (including phenoxy) is 2. The zero-order chi connectivity index (χ0) is 20.0. The molecule has 0 saturated carbocycles. The van der Waals surface area contributed by atoms with Crippen LogP contribution in [0.1, 0.15) is 10.4 Å². The Morgan fingerprint density at radius 2 is 1.81 bits per heavy atom. The normalized spacial score (nSPS) is 10.0. The fourth-order valence-corrected chi connectivity index (χ4v) is 2.22. The SMILES string of the molecule is COc1ccc([N+](=O)[O-])cc1C(=O)OCC(=O)Nc1ccc(N(C)C)cc1. The minimum atomic E-state index is -0.895. The highest BCUT2D eigenvalue weighted by atomic mass is 16.6. The first-order valence-electron chi connectivity index (χ1n) is 7.88. The summed E-state index contributed by atoms with van der Waals surface area (Å²) in [5, 5.41) is 13.5. The summed E-state index contributed by atoms with van der Waals surface area (Å²) in [7, 11) is 5.12. The van der Waals surface area contributed by atoms with Gasteiger partial charge in [0.2, 0.25) is 0 Å². The van der Waals surface area contributed by atoms with Gasteiger partial charge in [-0.15, -0.1) is 0 Å². The van der Waals surface area contributed by atoms with Crippen molar-refractivity contribution in [3.63, 3.8) is 0 Å². The van der Waals surface area contributed by atoms with Gasteiger partial charge in [-0.2, -0.15) is 0 Å². The molecule has 9 nitrogen and oxygen atoms in total. The molecule has 142 valence electrons. The molecule has 0 heterocycles. The number of hydrogen-bond donors (Lipinski definition) is 1. The van der Waals surface area contributed by atoms with Crippen molar-refractivity contribution in [2.45, 2.75) is 0 Å². The molecule has 2 rings (SSSR count). The zero-order valence-electron chi connectivity index (χ0n) is 15.1. The minimum absolute atomic E-state index is 0.116. The highest BCUT2D eigenvalue weighted by molar-refractivity contribution is 5.97. The quantitative estimate of drug-likeness (QED) is 0.451. The molecule has 9 heteroatoms. The maximum absolute atomic E-state index is 12.2. The topological polar surface area (TPSA) is 111 Å². The van der Waals surface area contributed by atoms with E-state index in [9.17, 15) is 19.7 Å².